The van der Waals surface area contributed by atoms with Crippen molar-refractivity contribution in [2.45, 2.75) is 25.0 Å². The van der Waals surface area contributed by atoms with Gasteiger partial charge in [0.25, 0.3) is 0 Å². The van der Waals surface area contributed by atoms with Crippen molar-refractivity contribution in [3.8, 4) is 16.9 Å². The first-order valence-electron chi connectivity index (χ1n) is 11.8. The highest BCUT2D eigenvalue weighted by Crippen LogP contribution is 2.46. The topological polar surface area (TPSA) is 60.8 Å². The van der Waals surface area contributed by atoms with Crippen molar-refractivity contribution in [2.75, 3.05) is 4.90 Å². The average molecular weight is 486 g/mol. The van der Waals surface area contributed by atoms with Gasteiger partial charge < -0.3 is 15.1 Å². The zero-order valence-electron chi connectivity index (χ0n) is 19.4. The quantitative estimate of drug-likeness (QED) is 0.292. The third-order valence-corrected chi connectivity index (χ3v) is 6.76. The van der Waals surface area contributed by atoms with E-state index >= 15 is 0 Å². The number of rotatable bonds is 7. The Balaban J connectivity index is 1.40. The third kappa shape index (κ3) is 4.72. The van der Waals surface area contributed by atoms with Crippen LogP contribution >= 0.6 is 0 Å². The van der Waals surface area contributed by atoms with E-state index in [0.29, 0.717) is 24.1 Å². The van der Waals surface area contributed by atoms with Gasteiger partial charge in [0.15, 0.2) is 0 Å². The third-order valence-electron chi connectivity index (χ3n) is 6.76. The fourth-order valence-electron chi connectivity index (χ4n) is 4.85. The molecule has 0 saturated carbocycles. The second-order valence-electron chi connectivity index (χ2n) is 9.05. The first kappa shape index (κ1) is 23.7. The Bertz CT molecular complexity index is 1350. The highest BCUT2D eigenvalue weighted by molar-refractivity contribution is 6.03. The molecule has 182 valence electrons. The fraction of sp³-hybridized carbons (Fsp3) is 0.167. The maximum Gasteiger partial charge on any atom is 0.233 e. The highest BCUT2D eigenvalue weighted by Gasteiger charge is 2.48. The summed E-state index contributed by atoms with van der Waals surface area (Å²) < 4.78 is 26.8. The summed E-state index contributed by atoms with van der Waals surface area (Å²) in [6, 6.07) is 26.1. The molecule has 0 bridgehead atoms. The summed E-state index contributed by atoms with van der Waals surface area (Å²) in [5.41, 5.74) is 3.94. The minimum Gasteiger partial charge on any atom is -0.508 e. The molecule has 1 fully saturated rings. The predicted molar refractivity (Wildman–Crippen MR) is 134 cm³/mol. The van der Waals surface area contributed by atoms with Crippen molar-refractivity contribution in [1.82, 2.24) is 0 Å². The van der Waals surface area contributed by atoms with Crippen LogP contribution < -0.4 is 4.90 Å². The number of carbonyl (C=O) groups is 1. The lowest BCUT2D eigenvalue weighted by molar-refractivity contribution is -0.131. The number of phenolic OH excluding ortho intramolecular Hbond substituents is 1. The van der Waals surface area contributed by atoms with Crippen LogP contribution in [0.15, 0.2) is 97.1 Å². The van der Waals surface area contributed by atoms with Gasteiger partial charge in [0.05, 0.1) is 18.1 Å². The van der Waals surface area contributed by atoms with E-state index in [-0.39, 0.29) is 35.3 Å². The number of aliphatic hydroxyl groups excluding tert-OH is 1. The molecular weight excluding hydrogens is 460 g/mol. The second kappa shape index (κ2) is 9.91. The van der Waals surface area contributed by atoms with Crippen molar-refractivity contribution in [2.24, 2.45) is 5.92 Å². The van der Waals surface area contributed by atoms with E-state index in [0.717, 1.165) is 16.7 Å². The Hall–Kier alpha value is -4.03. The molecule has 4 nitrogen and oxygen atoms in total. The number of hydrogen-bond acceptors (Lipinski definition) is 3. The van der Waals surface area contributed by atoms with Gasteiger partial charge in [-0.25, -0.2) is 8.78 Å². The number of nitrogens with zero attached hydrogens (tertiary/aromatic N) is 1. The Kier molecular flexibility index (Phi) is 6.53. The van der Waals surface area contributed by atoms with E-state index in [1.807, 2.05) is 30.3 Å². The number of aliphatic hydroxyl groups is 1. The molecule has 1 aliphatic heterocycles. The smallest absolute Gasteiger partial charge is 0.233 e. The van der Waals surface area contributed by atoms with Gasteiger partial charge in [0, 0.05) is 5.69 Å². The number of halogens is 2. The monoisotopic (exact) mass is 485 g/mol. The molecule has 4 aromatic rings. The van der Waals surface area contributed by atoms with Crippen LogP contribution in [-0.4, -0.2) is 16.1 Å². The molecule has 5 rings (SSSR count). The molecule has 36 heavy (non-hydrogen) atoms. The first-order chi connectivity index (χ1) is 17.4. The summed E-state index contributed by atoms with van der Waals surface area (Å²) in [5.74, 6) is -1.02. The van der Waals surface area contributed by atoms with E-state index in [1.165, 1.54) is 24.3 Å². The number of aromatic hydroxyl groups is 1. The molecule has 0 spiro atoms. The summed E-state index contributed by atoms with van der Waals surface area (Å²) in [6.07, 6.45) is -0.0300. The Morgan fingerprint density at radius 2 is 1.44 bits per heavy atom. The second-order valence-corrected chi connectivity index (χ2v) is 9.05. The Morgan fingerprint density at radius 3 is 2.08 bits per heavy atom. The van der Waals surface area contributed by atoms with Gasteiger partial charge in [-0.2, -0.15) is 0 Å². The molecule has 2 unspecified atom stereocenters. The van der Waals surface area contributed by atoms with E-state index in [4.69, 9.17) is 0 Å². The molecule has 1 heterocycles. The number of hydrogen-bond donors (Lipinski definition) is 2. The maximum absolute atomic E-state index is 13.5. The number of β-lactam (4-membered cyclic amide) rings is 1. The summed E-state index contributed by atoms with van der Waals surface area (Å²) in [6.45, 7) is 0. The minimum atomic E-state index is -0.813. The predicted octanol–water partition coefficient (Wildman–Crippen LogP) is 6.56. The maximum atomic E-state index is 13.5. The number of anilines is 1. The van der Waals surface area contributed by atoms with Crippen molar-refractivity contribution in [3.63, 3.8) is 0 Å². The van der Waals surface area contributed by atoms with Crippen LogP contribution in [0.4, 0.5) is 14.5 Å². The van der Waals surface area contributed by atoms with Crippen LogP contribution in [0.25, 0.3) is 11.1 Å². The van der Waals surface area contributed by atoms with Crippen LogP contribution in [0.5, 0.6) is 5.75 Å². The average Bonchev–Trinajstić information content (AvgIpc) is 2.89. The number of benzene rings is 4. The van der Waals surface area contributed by atoms with E-state index in [2.05, 4.69) is 0 Å². The zero-order chi connectivity index (χ0) is 25.2. The lowest BCUT2D eigenvalue weighted by atomic mass is 9.78. The zero-order valence-corrected chi connectivity index (χ0v) is 19.4. The summed E-state index contributed by atoms with van der Waals surface area (Å²) in [7, 11) is 0. The lowest BCUT2D eigenvalue weighted by Crippen LogP contribution is -2.55. The molecule has 2 N–H and O–H groups in total. The normalized spacial score (nSPS) is 18.1. The highest BCUT2D eigenvalue weighted by atomic mass is 19.1. The molecule has 1 saturated heterocycles. The van der Waals surface area contributed by atoms with Gasteiger partial charge in [-0.3, -0.25) is 4.79 Å². The van der Waals surface area contributed by atoms with E-state index < -0.39 is 6.10 Å². The molecule has 4 aromatic carbocycles. The van der Waals surface area contributed by atoms with Gasteiger partial charge in [-0.05, 0) is 83.6 Å². The molecule has 0 radical (unpaired) electrons. The molecule has 0 aliphatic carbocycles. The molecule has 1 aliphatic rings. The molecule has 0 aromatic heterocycles. The molecular formula is C30H25F2NO3. The Morgan fingerprint density at radius 1 is 0.806 bits per heavy atom. The van der Waals surface area contributed by atoms with Crippen molar-refractivity contribution >= 4 is 11.6 Å². The van der Waals surface area contributed by atoms with Crippen LogP contribution in [-0.2, 0) is 4.79 Å². The van der Waals surface area contributed by atoms with Crippen molar-refractivity contribution < 1.29 is 23.8 Å². The van der Waals surface area contributed by atoms with Crippen LogP contribution in [0.3, 0.4) is 0 Å². The Labute approximate surface area is 208 Å². The summed E-state index contributed by atoms with van der Waals surface area (Å²) in [5, 5.41) is 20.4. The molecule has 1 amide bonds. The minimum absolute atomic E-state index is 0.0880. The summed E-state index contributed by atoms with van der Waals surface area (Å²) in [4.78, 5) is 14.9. The SMILES string of the molecule is O=C1C(CC[C@H](O)c2ccc(F)cc2)C(c2ccc(-c3cccc(O)c3)cc2)N1c1ccc(F)cc1. The van der Waals surface area contributed by atoms with E-state index in [9.17, 15) is 23.8 Å². The van der Waals surface area contributed by atoms with Gasteiger partial charge in [0.1, 0.15) is 17.4 Å². The largest absolute Gasteiger partial charge is 0.508 e. The van der Waals surface area contributed by atoms with Crippen molar-refractivity contribution in [1.29, 1.82) is 0 Å². The fourth-order valence-corrected chi connectivity index (χ4v) is 4.85. The number of phenols is 1. The molecule has 6 heteroatoms. The van der Waals surface area contributed by atoms with Crippen molar-refractivity contribution in [3.05, 3.63) is 120 Å². The number of amides is 1. The van der Waals surface area contributed by atoms with Crippen LogP contribution in [0.1, 0.15) is 36.1 Å². The first-order valence-corrected chi connectivity index (χ1v) is 11.8. The van der Waals surface area contributed by atoms with Gasteiger partial charge in [0.2, 0.25) is 5.91 Å². The lowest BCUT2D eigenvalue weighted by Gasteiger charge is -2.48. The van der Waals surface area contributed by atoms with Gasteiger partial charge in [-0.15, -0.1) is 0 Å². The van der Waals surface area contributed by atoms with Crippen LogP contribution in [0, 0.1) is 17.6 Å². The van der Waals surface area contributed by atoms with Gasteiger partial charge >= 0.3 is 0 Å². The summed E-state index contributed by atoms with van der Waals surface area (Å²) >= 11 is 0. The standard InChI is InChI=1S/C30H25F2NO3/c31-23-10-8-20(9-11-23)28(35)17-16-27-29(33(30(27)36)25-14-12-24(32)13-15-25)21-6-4-19(5-7-21)22-2-1-3-26(34)18-22/h1-15,18,27-29,34-35H,16-17H2/t27?,28-,29?/m0/s1. The van der Waals surface area contributed by atoms with E-state index in [1.54, 1.807) is 47.4 Å². The molecule has 3 atom stereocenters. The number of carbonyl (C=O) groups excluding carboxylic acids is 1. The van der Waals surface area contributed by atoms with Crippen LogP contribution in [0.2, 0.25) is 0 Å². The van der Waals surface area contributed by atoms with Gasteiger partial charge in [-0.1, -0.05) is 48.5 Å².